The third-order valence-electron chi connectivity index (χ3n) is 1.45. The maximum Gasteiger partial charge on any atom is 0.338 e. The summed E-state index contributed by atoms with van der Waals surface area (Å²) < 4.78 is 0.345. The molecule has 0 saturated carbocycles. The van der Waals surface area contributed by atoms with Crippen molar-refractivity contribution >= 4 is 43.5 Å². The molecule has 7 heteroatoms. The van der Waals surface area contributed by atoms with E-state index in [9.17, 15) is 14.9 Å². The first-order valence-electron chi connectivity index (χ1n) is 3.30. The van der Waals surface area contributed by atoms with Gasteiger partial charge in [0.1, 0.15) is 0 Å². The number of nitro benzene ring substituents is 1. The third-order valence-corrected chi connectivity index (χ3v) is 2.70. The van der Waals surface area contributed by atoms with E-state index in [1.165, 1.54) is 0 Å². The first-order valence-corrected chi connectivity index (χ1v) is 4.89. The lowest BCUT2D eigenvalue weighted by molar-refractivity contribution is -0.385. The zero-order valence-electron chi connectivity index (χ0n) is 6.53. The van der Waals surface area contributed by atoms with Crippen LogP contribution in [0.15, 0.2) is 21.1 Å². The van der Waals surface area contributed by atoms with Crippen molar-refractivity contribution in [3.8, 4) is 0 Å². The molecule has 0 spiro atoms. The Morgan fingerprint density at radius 2 is 1.79 bits per heavy atom. The summed E-state index contributed by atoms with van der Waals surface area (Å²) in [6, 6.07) is 2.29. The highest BCUT2D eigenvalue weighted by atomic mass is 79.9. The molecule has 0 fully saturated rings. The molecule has 0 radical (unpaired) electrons. The number of carboxylic acids is 1. The van der Waals surface area contributed by atoms with Crippen molar-refractivity contribution < 1.29 is 14.8 Å². The smallest absolute Gasteiger partial charge is 0.338 e. The van der Waals surface area contributed by atoms with E-state index in [0.717, 1.165) is 12.1 Å². The van der Waals surface area contributed by atoms with Crippen LogP contribution in [0, 0.1) is 10.1 Å². The zero-order valence-corrected chi connectivity index (χ0v) is 9.70. The van der Waals surface area contributed by atoms with E-state index in [1.807, 2.05) is 0 Å². The van der Waals surface area contributed by atoms with Gasteiger partial charge >= 0.3 is 5.97 Å². The van der Waals surface area contributed by atoms with Crippen LogP contribution in [0.25, 0.3) is 0 Å². The van der Waals surface area contributed by atoms with Crippen LogP contribution >= 0.6 is 31.9 Å². The molecule has 14 heavy (non-hydrogen) atoms. The molecule has 1 N–H and O–H groups in total. The number of hydrogen-bond donors (Lipinski definition) is 1. The molecule has 1 rings (SSSR count). The van der Waals surface area contributed by atoms with E-state index in [1.54, 1.807) is 0 Å². The number of hydrogen-bond acceptors (Lipinski definition) is 3. The van der Waals surface area contributed by atoms with Gasteiger partial charge in [-0.1, -0.05) is 0 Å². The summed E-state index contributed by atoms with van der Waals surface area (Å²) in [7, 11) is 0. The van der Waals surface area contributed by atoms with E-state index in [0.29, 0.717) is 0 Å². The van der Waals surface area contributed by atoms with Crippen LogP contribution in [0.5, 0.6) is 0 Å². The molecule has 0 amide bonds. The molecule has 0 aliphatic heterocycles. The predicted molar refractivity (Wildman–Crippen MR) is 55.5 cm³/mol. The van der Waals surface area contributed by atoms with Gasteiger partial charge in [0.25, 0.3) is 5.69 Å². The third kappa shape index (κ3) is 2.10. The van der Waals surface area contributed by atoms with E-state index in [4.69, 9.17) is 5.11 Å². The molecule has 5 nitrogen and oxygen atoms in total. The topological polar surface area (TPSA) is 80.4 Å². The molecule has 74 valence electrons. The molecule has 1 aromatic rings. The minimum Gasteiger partial charge on any atom is -0.478 e. The molecule has 0 unspecified atom stereocenters. The second-order valence-electron chi connectivity index (χ2n) is 2.35. The summed E-state index contributed by atoms with van der Waals surface area (Å²) >= 11 is 5.90. The first-order chi connectivity index (χ1) is 6.43. The molecule has 0 saturated heterocycles. The largest absolute Gasteiger partial charge is 0.478 e. The van der Waals surface area contributed by atoms with E-state index >= 15 is 0 Å². The van der Waals surface area contributed by atoms with Gasteiger partial charge in [-0.2, -0.15) is 0 Å². The van der Waals surface area contributed by atoms with Gasteiger partial charge in [-0.15, -0.1) is 0 Å². The number of carboxylic acid groups (broad SMARTS) is 1. The maximum absolute atomic E-state index is 10.7. The number of carbonyl (C=O) groups is 1. The number of benzene rings is 1. The zero-order chi connectivity index (χ0) is 10.9. The van der Waals surface area contributed by atoms with Crippen LogP contribution in [0.1, 0.15) is 10.4 Å². The predicted octanol–water partition coefficient (Wildman–Crippen LogP) is 2.82. The Balaban J connectivity index is 3.39. The highest BCUT2D eigenvalue weighted by molar-refractivity contribution is 9.11. The SMILES string of the molecule is O=C(O)c1c(Br)cc([N+](=O)[O-])cc1Br. The highest BCUT2D eigenvalue weighted by Crippen LogP contribution is 2.30. The van der Waals surface area contributed by atoms with Gasteiger partial charge < -0.3 is 5.11 Å². The van der Waals surface area contributed by atoms with Crippen molar-refractivity contribution in [3.05, 3.63) is 36.8 Å². The molecule has 0 bridgehead atoms. The lowest BCUT2D eigenvalue weighted by atomic mass is 10.2. The molecule has 0 aliphatic rings. The van der Waals surface area contributed by atoms with Crippen molar-refractivity contribution in [3.63, 3.8) is 0 Å². The standard InChI is InChI=1S/C7H3Br2NO4/c8-4-1-3(10(13)14)2-5(9)6(4)7(11)12/h1-2H,(H,11,12). The number of nitrogens with zero attached hydrogens (tertiary/aromatic N) is 1. The molecular formula is C7H3Br2NO4. The van der Waals surface area contributed by atoms with E-state index in [2.05, 4.69) is 31.9 Å². The van der Waals surface area contributed by atoms with Crippen LogP contribution in [0.4, 0.5) is 5.69 Å². The normalized spacial score (nSPS) is 9.86. The molecule has 0 aliphatic carbocycles. The van der Waals surface area contributed by atoms with Crippen LogP contribution in [0.2, 0.25) is 0 Å². The Labute approximate surface area is 95.1 Å². The molecular weight excluding hydrogens is 322 g/mol. The Kier molecular flexibility index (Phi) is 3.22. The van der Waals surface area contributed by atoms with Crippen LogP contribution < -0.4 is 0 Å². The summed E-state index contributed by atoms with van der Waals surface area (Å²) in [5.41, 5.74) is -0.204. The quantitative estimate of drug-likeness (QED) is 0.670. The number of aromatic carboxylic acids is 1. The van der Waals surface area contributed by atoms with Crippen LogP contribution in [-0.4, -0.2) is 16.0 Å². The fourth-order valence-corrected chi connectivity index (χ4v) is 2.37. The lowest BCUT2D eigenvalue weighted by Gasteiger charge is -2.01. The van der Waals surface area contributed by atoms with Gasteiger partial charge in [0, 0.05) is 21.1 Å². The molecule has 0 heterocycles. The Bertz CT molecular complexity index is 395. The first kappa shape index (κ1) is 11.1. The van der Waals surface area contributed by atoms with Crippen molar-refractivity contribution in [2.45, 2.75) is 0 Å². The average molecular weight is 325 g/mol. The monoisotopic (exact) mass is 323 g/mol. The fourth-order valence-electron chi connectivity index (χ4n) is 0.869. The summed E-state index contributed by atoms with van der Waals surface area (Å²) in [5, 5.41) is 19.1. The van der Waals surface area contributed by atoms with Crippen molar-refractivity contribution in [1.29, 1.82) is 0 Å². The Morgan fingerprint density at radius 3 is 2.07 bits per heavy atom. The van der Waals surface area contributed by atoms with Gasteiger partial charge in [0.05, 0.1) is 10.5 Å². The average Bonchev–Trinajstić information content (AvgIpc) is 2.01. The van der Waals surface area contributed by atoms with Gasteiger partial charge in [-0.25, -0.2) is 4.79 Å². The van der Waals surface area contributed by atoms with Crippen molar-refractivity contribution in [1.82, 2.24) is 0 Å². The van der Waals surface area contributed by atoms with Gasteiger partial charge in [-0.05, 0) is 31.9 Å². The highest BCUT2D eigenvalue weighted by Gasteiger charge is 2.18. The summed E-state index contributed by atoms with van der Waals surface area (Å²) in [5.74, 6) is -1.15. The van der Waals surface area contributed by atoms with Gasteiger partial charge in [0.2, 0.25) is 0 Å². The minimum atomic E-state index is -1.15. The minimum absolute atomic E-state index is 0.0319. The lowest BCUT2D eigenvalue weighted by Crippen LogP contribution is -2.00. The van der Waals surface area contributed by atoms with E-state index in [-0.39, 0.29) is 20.2 Å². The number of nitro groups is 1. The summed E-state index contributed by atoms with van der Waals surface area (Å²) in [6.07, 6.45) is 0. The fraction of sp³-hybridized carbons (Fsp3) is 0. The Morgan fingerprint density at radius 1 is 1.36 bits per heavy atom. The molecule has 0 atom stereocenters. The second-order valence-corrected chi connectivity index (χ2v) is 4.06. The number of halogens is 2. The molecule has 1 aromatic carbocycles. The number of rotatable bonds is 2. The molecule has 0 aromatic heterocycles. The number of non-ortho nitro benzene ring substituents is 1. The van der Waals surface area contributed by atoms with Crippen LogP contribution in [-0.2, 0) is 0 Å². The van der Waals surface area contributed by atoms with Crippen molar-refractivity contribution in [2.24, 2.45) is 0 Å². The van der Waals surface area contributed by atoms with Gasteiger partial charge in [-0.3, -0.25) is 10.1 Å². The van der Waals surface area contributed by atoms with E-state index < -0.39 is 10.9 Å². The summed E-state index contributed by atoms with van der Waals surface area (Å²) in [4.78, 5) is 20.5. The van der Waals surface area contributed by atoms with Crippen LogP contribution in [0.3, 0.4) is 0 Å². The Hall–Kier alpha value is -0.950. The summed E-state index contributed by atoms with van der Waals surface area (Å²) in [6.45, 7) is 0. The van der Waals surface area contributed by atoms with Gasteiger partial charge in [0.15, 0.2) is 0 Å². The van der Waals surface area contributed by atoms with Crippen molar-refractivity contribution in [2.75, 3.05) is 0 Å². The maximum atomic E-state index is 10.7. The second kappa shape index (κ2) is 4.05.